The van der Waals surface area contributed by atoms with Crippen LogP contribution in [0.3, 0.4) is 0 Å². The summed E-state index contributed by atoms with van der Waals surface area (Å²) in [7, 11) is 0. The first kappa shape index (κ1) is 10.6. The molecule has 70 valence electrons. The van der Waals surface area contributed by atoms with Crippen LogP contribution in [0.25, 0.3) is 0 Å². The van der Waals surface area contributed by atoms with Gasteiger partial charge in [-0.15, -0.1) is 11.5 Å². The van der Waals surface area contributed by atoms with Crippen LogP contribution in [0.15, 0.2) is 35.8 Å². The lowest BCUT2D eigenvalue weighted by Crippen LogP contribution is -2.33. The Hall–Kier alpha value is -0.520. The number of rotatable bonds is 2. The molecule has 1 aliphatic heterocycles. The van der Waals surface area contributed by atoms with Gasteiger partial charge in [0.15, 0.2) is 0 Å². The minimum absolute atomic E-state index is 0.950. The average molecular weight is 240 g/mol. The molecule has 0 spiro atoms. The smallest absolute Gasteiger partial charge is 0.0275 e. The molecule has 0 amide bonds. The summed E-state index contributed by atoms with van der Waals surface area (Å²) in [5, 5.41) is 1.00. The summed E-state index contributed by atoms with van der Waals surface area (Å²) in [5.41, 5.74) is 8.45. The highest BCUT2D eigenvalue weighted by Crippen LogP contribution is 2.18. The van der Waals surface area contributed by atoms with Crippen molar-refractivity contribution in [2.75, 3.05) is 25.0 Å². The van der Waals surface area contributed by atoms with Gasteiger partial charge in [0.2, 0.25) is 0 Å². The third kappa shape index (κ3) is 3.02. The summed E-state index contributed by atoms with van der Waals surface area (Å²) in [5.74, 6) is 0. The summed E-state index contributed by atoms with van der Waals surface area (Å²) in [6, 6.07) is 0. The maximum atomic E-state index is 3.69. The zero-order valence-electron chi connectivity index (χ0n) is 7.77. The fourth-order valence-electron chi connectivity index (χ4n) is 1.48. The summed E-state index contributed by atoms with van der Waals surface area (Å²) in [4.78, 5) is 2.35. The van der Waals surface area contributed by atoms with E-state index in [1.165, 1.54) is 11.1 Å². The van der Waals surface area contributed by atoms with Crippen LogP contribution < -0.4 is 0 Å². The third-order valence-corrected chi connectivity index (χ3v) is 2.51. The second kappa shape index (κ2) is 5.26. The maximum absolute atomic E-state index is 3.69. The van der Waals surface area contributed by atoms with E-state index >= 15 is 0 Å². The van der Waals surface area contributed by atoms with Crippen molar-refractivity contribution < 1.29 is 0 Å². The molecule has 1 nitrogen and oxygen atoms in total. The molecule has 0 aromatic rings. The Kier molecular flexibility index (Phi) is 4.27. The standard InChI is InChI=1S/C11H14BrN/c1-3-10-7-11(4-2)9-13(8-10)6-5-12/h1-2,5-9H2. The van der Waals surface area contributed by atoms with Gasteiger partial charge in [-0.05, 0) is 11.1 Å². The van der Waals surface area contributed by atoms with Crippen molar-refractivity contribution in [1.82, 2.24) is 4.90 Å². The van der Waals surface area contributed by atoms with Crippen LogP contribution >= 0.6 is 15.9 Å². The van der Waals surface area contributed by atoms with Crippen LogP contribution in [0.4, 0.5) is 0 Å². The van der Waals surface area contributed by atoms with Crippen LogP contribution in [-0.4, -0.2) is 29.9 Å². The molecule has 1 fully saturated rings. The minimum atomic E-state index is 0.950. The molecule has 0 aromatic carbocycles. The molecule has 0 atom stereocenters. The quantitative estimate of drug-likeness (QED) is 0.529. The van der Waals surface area contributed by atoms with Crippen LogP contribution in [-0.2, 0) is 0 Å². The SMILES string of the molecule is C=C=C1CC(=C=C)CN(CCBr)C1. The van der Waals surface area contributed by atoms with Gasteiger partial charge in [-0.25, -0.2) is 0 Å². The fourth-order valence-corrected chi connectivity index (χ4v) is 1.98. The second-order valence-corrected chi connectivity index (χ2v) is 3.93. The lowest BCUT2D eigenvalue weighted by molar-refractivity contribution is 0.320. The van der Waals surface area contributed by atoms with Gasteiger partial charge in [-0.2, -0.15) is 0 Å². The van der Waals surface area contributed by atoms with Gasteiger partial charge in [-0.3, -0.25) is 4.90 Å². The molecule has 1 heterocycles. The number of alkyl halides is 1. The normalized spacial score (nSPS) is 18.2. The predicted molar refractivity (Wildman–Crippen MR) is 60.2 cm³/mol. The first-order valence-electron chi connectivity index (χ1n) is 4.34. The first-order valence-corrected chi connectivity index (χ1v) is 5.46. The van der Waals surface area contributed by atoms with Crippen molar-refractivity contribution >= 4 is 15.9 Å². The fraction of sp³-hybridized carbons (Fsp3) is 0.455. The van der Waals surface area contributed by atoms with Crippen molar-refractivity contribution in [3.05, 3.63) is 35.8 Å². The van der Waals surface area contributed by atoms with Gasteiger partial charge in [0.1, 0.15) is 0 Å². The van der Waals surface area contributed by atoms with Gasteiger partial charge in [-0.1, -0.05) is 29.1 Å². The third-order valence-electron chi connectivity index (χ3n) is 2.16. The van der Waals surface area contributed by atoms with E-state index in [1.54, 1.807) is 0 Å². The van der Waals surface area contributed by atoms with E-state index in [0.29, 0.717) is 0 Å². The van der Waals surface area contributed by atoms with Crippen LogP contribution in [0.2, 0.25) is 0 Å². The monoisotopic (exact) mass is 239 g/mol. The van der Waals surface area contributed by atoms with E-state index in [1.807, 2.05) is 0 Å². The van der Waals surface area contributed by atoms with E-state index in [9.17, 15) is 0 Å². The Labute approximate surface area is 88.3 Å². The number of hydrogen-bond donors (Lipinski definition) is 0. The molecule has 1 aliphatic rings. The van der Waals surface area contributed by atoms with Crippen molar-refractivity contribution in [3.63, 3.8) is 0 Å². The highest BCUT2D eigenvalue weighted by molar-refractivity contribution is 9.09. The maximum Gasteiger partial charge on any atom is 0.0275 e. The summed E-state index contributed by atoms with van der Waals surface area (Å²) in [6.45, 7) is 10.4. The molecule has 0 unspecified atom stereocenters. The summed E-state index contributed by atoms with van der Waals surface area (Å²) >= 11 is 3.44. The molecule has 1 saturated heterocycles. The Morgan fingerprint density at radius 1 is 1.23 bits per heavy atom. The molecule has 0 saturated carbocycles. The number of halogens is 1. The van der Waals surface area contributed by atoms with Crippen molar-refractivity contribution in [2.45, 2.75) is 6.42 Å². The Bertz CT molecular complexity index is 254. The summed E-state index contributed by atoms with van der Waals surface area (Å²) < 4.78 is 0. The van der Waals surface area contributed by atoms with Crippen LogP contribution in [0, 0.1) is 0 Å². The second-order valence-electron chi connectivity index (χ2n) is 3.14. The molecule has 2 heteroatoms. The lowest BCUT2D eigenvalue weighted by atomic mass is 10.0. The first-order chi connectivity index (χ1) is 6.30. The van der Waals surface area contributed by atoms with Crippen molar-refractivity contribution in [1.29, 1.82) is 0 Å². The molecule has 13 heavy (non-hydrogen) atoms. The molecule has 0 radical (unpaired) electrons. The van der Waals surface area contributed by atoms with Gasteiger partial charge in [0.05, 0.1) is 0 Å². The van der Waals surface area contributed by atoms with E-state index in [0.717, 1.165) is 31.4 Å². The van der Waals surface area contributed by atoms with E-state index in [4.69, 9.17) is 0 Å². The zero-order valence-corrected chi connectivity index (χ0v) is 9.36. The van der Waals surface area contributed by atoms with Gasteiger partial charge >= 0.3 is 0 Å². The molecular weight excluding hydrogens is 226 g/mol. The molecule has 0 bridgehead atoms. The van der Waals surface area contributed by atoms with Gasteiger partial charge < -0.3 is 0 Å². The Morgan fingerprint density at radius 3 is 2.15 bits per heavy atom. The van der Waals surface area contributed by atoms with Gasteiger partial charge in [0.25, 0.3) is 0 Å². The molecule has 1 rings (SSSR count). The molecule has 0 aromatic heterocycles. The van der Waals surface area contributed by atoms with Crippen LogP contribution in [0.1, 0.15) is 6.42 Å². The highest BCUT2D eigenvalue weighted by Gasteiger charge is 2.16. The number of piperidine rings is 1. The van der Waals surface area contributed by atoms with E-state index in [2.05, 4.69) is 45.5 Å². The van der Waals surface area contributed by atoms with E-state index in [-0.39, 0.29) is 0 Å². The Morgan fingerprint density at radius 2 is 1.77 bits per heavy atom. The minimum Gasteiger partial charge on any atom is -0.293 e. The topological polar surface area (TPSA) is 3.24 Å². The predicted octanol–water partition coefficient (Wildman–Crippen LogP) is 2.51. The number of hydrogen-bond acceptors (Lipinski definition) is 1. The lowest BCUT2D eigenvalue weighted by Gasteiger charge is -2.28. The molecule has 0 aliphatic carbocycles. The summed E-state index contributed by atoms with van der Waals surface area (Å²) in [6.07, 6.45) is 0.950. The van der Waals surface area contributed by atoms with E-state index < -0.39 is 0 Å². The largest absolute Gasteiger partial charge is 0.293 e. The number of nitrogens with zero attached hydrogens (tertiary/aromatic N) is 1. The van der Waals surface area contributed by atoms with Crippen molar-refractivity contribution in [2.24, 2.45) is 0 Å². The number of likely N-dealkylation sites (tertiary alicyclic amines) is 1. The van der Waals surface area contributed by atoms with Crippen LogP contribution in [0.5, 0.6) is 0 Å². The molecular formula is C11H14BrN. The van der Waals surface area contributed by atoms with Crippen molar-refractivity contribution in [3.8, 4) is 0 Å². The highest BCUT2D eigenvalue weighted by atomic mass is 79.9. The Balaban J connectivity index is 2.71. The molecule has 0 N–H and O–H groups in total. The van der Waals surface area contributed by atoms with Gasteiger partial charge in [0, 0.05) is 31.4 Å². The average Bonchev–Trinajstić information content (AvgIpc) is 2.17. The zero-order chi connectivity index (χ0) is 9.68.